The van der Waals surface area contributed by atoms with E-state index in [4.69, 9.17) is 4.42 Å². The number of benzene rings is 9. The molecule has 1 aliphatic carbocycles. The molecule has 1 heterocycles. The summed E-state index contributed by atoms with van der Waals surface area (Å²) < 4.78 is 6.58. The molecule has 0 spiro atoms. The van der Waals surface area contributed by atoms with Crippen LogP contribution in [0.4, 0.5) is 17.1 Å². The first-order valence-electron chi connectivity index (χ1n) is 19.1. The highest BCUT2D eigenvalue weighted by atomic mass is 16.3. The summed E-state index contributed by atoms with van der Waals surface area (Å²) in [6.07, 6.45) is 0. The van der Waals surface area contributed by atoms with Crippen molar-refractivity contribution in [3.05, 3.63) is 199 Å². The standard InChI is InChI=1S/C53H37NO/c1-53(2)46-30-25-39(42-18-11-19-44-43-17-8-9-21-49(43)55-52(42)44)33-45(46)51-48(31-26-37-16-10-20-47(53)50(37)51)54(41-29-24-35-14-6-7-15-38(35)32-41)40-27-22-36(23-28-40)34-12-4-3-5-13-34/h3-33H,1-2H3. The molecule has 2 nitrogen and oxygen atoms in total. The Kier molecular flexibility index (Phi) is 6.93. The Hall–Kier alpha value is -6.90. The van der Waals surface area contributed by atoms with Crippen LogP contribution in [0.25, 0.3) is 76.9 Å². The predicted molar refractivity (Wildman–Crippen MR) is 232 cm³/mol. The van der Waals surface area contributed by atoms with Gasteiger partial charge in [0.2, 0.25) is 0 Å². The summed E-state index contributed by atoms with van der Waals surface area (Å²) in [4.78, 5) is 2.46. The first kappa shape index (κ1) is 31.6. The molecule has 0 aliphatic heterocycles. The SMILES string of the molecule is CC1(C)c2ccc(-c3cccc4c3oc3ccccc34)cc2-c2c(N(c3ccc(-c4ccccc4)cc3)c3ccc4ccccc4c3)ccc3cccc1c23. The molecule has 2 heteroatoms. The van der Waals surface area contributed by atoms with E-state index in [9.17, 15) is 0 Å². The maximum atomic E-state index is 6.58. The van der Waals surface area contributed by atoms with Crippen LogP contribution in [0.2, 0.25) is 0 Å². The lowest BCUT2D eigenvalue weighted by Gasteiger charge is -2.38. The van der Waals surface area contributed by atoms with Gasteiger partial charge in [0.25, 0.3) is 0 Å². The monoisotopic (exact) mass is 703 g/mol. The quantitative estimate of drug-likeness (QED) is 0.177. The number of furan rings is 1. The summed E-state index contributed by atoms with van der Waals surface area (Å²) in [7, 11) is 0. The number of rotatable bonds is 5. The third-order valence-electron chi connectivity index (χ3n) is 11.8. The van der Waals surface area contributed by atoms with Crippen LogP contribution in [0.5, 0.6) is 0 Å². The molecule has 0 saturated carbocycles. The number of anilines is 3. The van der Waals surface area contributed by atoms with Gasteiger partial charge in [-0.25, -0.2) is 0 Å². The lowest BCUT2D eigenvalue weighted by atomic mass is 9.67. The molecule has 9 aromatic carbocycles. The Morgan fingerprint density at radius 1 is 0.436 bits per heavy atom. The fourth-order valence-electron chi connectivity index (χ4n) is 9.11. The van der Waals surface area contributed by atoms with E-state index in [-0.39, 0.29) is 5.41 Å². The molecule has 0 radical (unpaired) electrons. The number of para-hydroxylation sites is 2. The van der Waals surface area contributed by atoms with E-state index >= 15 is 0 Å². The Balaban J connectivity index is 1.19. The second-order valence-corrected chi connectivity index (χ2v) is 15.3. The van der Waals surface area contributed by atoms with Crippen molar-refractivity contribution in [1.82, 2.24) is 0 Å². The molecule has 11 rings (SSSR count). The highest BCUT2D eigenvalue weighted by Gasteiger charge is 2.36. The minimum atomic E-state index is -0.213. The van der Waals surface area contributed by atoms with Gasteiger partial charge in [0.15, 0.2) is 0 Å². The van der Waals surface area contributed by atoms with Crippen molar-refractivity contribution in [3.8, 4) is 33.4 Å². The van der Waals surface area contributed by atoms with Gasteiger partial charge in [0.1, 0.15) is 11.2 Å². The van der Waals surface area contributed by atoms with Crippen LogP contribution in [-0.4, -0.2) is 0 Å². The number of hydrogen-bond acceptors (Lipinski definition) is 2. The van der Waals surface area contributed by atoms with Crippen LogP contribution in [0.15, 0.2) is 192 Å². The summed E-state index contributed by atoms with van der Waals surface area (Å²) in [6.45, 7) is 4.75. The highest BCUT2D eigenvalue weighted by Crippen LogP contribution is 2.55. The molecule has 55 heavy (non-hydrogen) atoms. The zero-order chi connectivity index (χ0) is 36.7. The Morgan fingerprint density at radius 3 is 1.98 bits per heavy atom. The third kappa shape index (κ3) is 4.88. The van der Waals surface area contributed by atoms with Gasteiger partial charge in [-0.3, -0.25) is 0 Å². The lowest BCUT2D eigenvalue weighted by Crippen LogP contribution is -2.24. The molecule has 260 valence electrons. The van der Waals surface area contributed by atoms with Gasteiger partial charge >= 0.3 is 0 Å². The van der Waals surface area contributed by atoms with Crippen LogP contribution in [-0.2, 0) is 5.41 Å². The van der Waals surface area contributed by atoms with Crippen molar-refractivity contribution in [1.29, 1.82) is 0 Å². The fourth-order valence-corrected chi connectivity index (χ4v) is 9.11. The van der Waals surface area contributed by atoms with Crippen molar-refractivity contribution in [2.75, 3.05) is 4.90 Å². The predicted octanol–water partition coefficient (Wildman–Crippen LogP) is 15.0. The summed E-state index contributed by atoms with van der Waals surface area (Å²) in [5.41, 5.74) is 14.8. The highest BCUT2D eigenvalue weighted by molar-refractivity contribution is 6.12. The molecule has 0 bridgehead atoms. The second kappa shape index (κ2) is 12.1. The second-order valence-electron chi connectivity index (χ2n) is 15.3. The van der Waals surface area contributed by atoms with Crippen molar-refractivity contribution < 1.29 is 4.42 Å². The molecular weight excluding hydrogens is 667 g/mol. The Labute approximate surface area is 320 Å². The first-order chi connectivity index (χ1) is 27.0. The summed E-state index contributed by atoms with van der Waals surface area (Å²) in [6, 6.07) is 68.5. The minimum absolute atomic E-state index is 0.213. The van der Waals surface area contributed by atoms with E-state index < -0.39 is 0 Å². The minimum Gasteiger partial charge on any atom is -0.455 e. The van der Waals surface area contributed by atoms with Gasteiger partial charge in [0.05, 0.1) is 5.69 Å². The van der Waals surface area contributed by atoms with Gasteiger partial charge < -0.3 is 9.32 Å². The largest absolute Gasteiger partial charge is 0.455 e. The van der Waals surface area contributed by atoms with Crippen LogP contribution in [0, 0.1) is 0 Å². The Bertz CT molecular complexity index is 3110. The lowest BCUT2D eigenvalue weighted by molar-refractivity contribution is 0.645. The molecule has 0 amide bonds. The summed E-state index contributed by atoms with van der Waals surface area (Å²) in [5, 5.41) is 7.28. The Morgan fingerprint density at radius 2 is 1.11 bits per heavy atom. The maximum Gasteiger partial charge on any atom is 0.143 e. The normalized spacial score (nSPS) is 13.1. The molecule has 0 fully saturated rings. The van der Waals surface area contributed by atoms with Gasteiger partial charge in [-0.15, -0.1) is 0 Å². The zero-order valence-electron chi connectivity index (χ0n) is 30.8. The topological polar surface area (TPSA) is 16.4 Å². The fraction of sp³-hybridized carbons (Fsp3) is 0.0566. The molecule has 0 atom stereocenters. The molecular formula is C53H37NO. The smallest absolute Gasteiger partial charge is 0.143 e. The molecule has 1 aromatic heterocycles. The van der Waals surface area contributed by atoms with Crippen LogP contribution < -0.4 is 4.90 Å². The molecule has 0 saturated heterocycles. The zero-order valence-corrected chi connectivity index (χ0v) is 30.8. The average molecular weight is 704 g/mol. The maximum absolute atomic E-state index is 6.58. The van der Waals surface area contributed by atoms with Crippen molar-refractivity contribution in [2.45, 2.75) is 19.3 Å². The molecule has 0 unspecified atom stereocenters. The van der Waals surface area contributed by atoms with Crippen molar-refractivity contribution in [2.24, 2.45) is 0 Å². The first-order valence-corrected chi connectivity index (χ1v) is 19.1. The van der Waals surface area contributed by atoms with Crippen molar-refractivity contribution in [3.63, 3.8) is 0 Å². The number of hydrogen-bond donors (Lipinski definition) is 0. The number of nitrogens with zero attached hydrogens (tertiary/aromatic N) is 1. The van der Waals surface area contributed by atoms with Gasteiger partial charge in [-0.2, -0.15) is 0 Å². The van der Waals surface area contributed by atoms with E-state index in [0.717, 1.165) is 50.1 Å². The van der Waals surface area contributed by atoms with Crippen LogP contribution >= 0.6 is 0 Å². The summed E-state index contributed by atoms with van der Waals surface area (Å²) in [5.74, 6) is 0. The van der Waals surface area contributed by atoms with E-state index in [2.05, 4.69) is 201 Å². The molecule has 0 N–H and O–H groups in total. The molecule has 1 aliphatic rings. The average Bonchev–Trinajstić information content (AvgIpc) is 3.62. The third-order valence-corrected chi connectivity index (χ3v) is 11.8. The molecule has 10 aromatic rings. The van der Waals surface area contributed by atoms with Crippen LogP contribution in [0.1, 0.15) is 25.0 Å². The van der Waals surface area contributed by atoms with Crippen molar-refractivity contribution >= 4 is 60.5 Å². The number of fused-ring (bicyclic) bond motifs is 6. The van der Waals surface area contributed by atoms with E-state index in [1.807, 2.05) is 6.07 Å². The summed E-state index contributed by atoms with van der Waals surface area (Å²) >= 11 is 0. The van der Waals surface area contributed by atoms with Gasteiger partial charge in [-0.05, 0) is 97.4 Å². The van der Waals surface area contributed by atoms with Gasteiger partial charge in [0, 0.05) is 38.7 Å². The van der Waals surface area contributed by atoms with Crippen LogP contribution in [0.3, 0.4) is 0 Å². The van der Waals surface area contributed by atoms with E-state index in [1.54, 1.807) is 0 Å². The van der Waals surface area contributed by atoms with E-state index in [1.165, 1.54) is 54.9 Å². The van der Waals surface area contributed by atoms with Gasteiger partial charge in [-0.1, -0.05) is 159 Å². The van der Waals surface area contributed by atoms with E-state index in [0.29, 0.717) is 0 Å².